The van der Waals surface area contributed by atoms with Crippen LogP contribution in [0.4, 0.5) is 0 Å². The van der Waals surface area contributed by atoms with Gasteiger partial charge in [-0.05, 0) is 99.0 Å². The van der Waals surface area contributed by atoms with Gasteiger partial charge in [-0.1, -0.05) is 36.4 Å². The number of carbonyl (C=O) groups excluding carboxylic acids is 2. The number of hydrogen-bond acceptors (Lipinski definition) is 6. The van der Waals surface area contributed by atoms with Crippen molar-refractivity contribution in [1.82, 2.24) is 0 Å². The summed E-state index contributed by atoms with van der Waals surface area (Å²) in [6.07, 6.45) is 8.91. The minimum absolute atomic E-state index is 0.245. The predicted molar refractivity (Wildman–Crippen MR) is 158 cm³/mol. The van der Waals surface area contributed by atoms with Gasteiger partial charge in [-0.3, -0.25) is 4.79 Å². The second kappa shape index (κ2) is 16.5. The van der Waals surface area contributed by atoms with E-state index < -0.39 is 17.1 Å². The standard InChI is InChI=1S/C33H38O6S/c1-4-38-32(34)22-18-27-23-31(40(36)30-14-10-13-28(24-30)33(35)39-5-2)21-17-26(27)12-9-7-6-8-11-25-15-19-29(37-3)20-16-25/h8,10-11,13-17,19-21,23-24H,4-7,9,12,18,22H2,1-3H3. The Kier molecular flexibility index (Phi) is 12.8. The molecule has 0 bridgehead atoms. The van der Waals surface area contributed by atoms with Crippen molar-refractivity contribution in [1.29, 1.82) is 0 Å². The summed E-state index contributed by atoms with van der Waals surface area (Å²) < 4.78 is 28.8. The summed E-state index contributed by atoms with van der Waals surface area (Å²) in [4.78, 5) is 25.4. The summed E-state index contributed by atoms with van der Waals surface area (Å²) in [6, 6.07) is 20.5. The van der Waals surface area contributed by atoms with Gasteiger partial charge in [-0.15, -0.1) is 0 Å². The Morgan fingerprint density at radius 1 is 0.850 bits per heavy atom. The van der Waals surface area contributed by atoms with Gasteiger partial charge in [-0.25, -0.2) is 4.79 Å². The highest BCUT2D eigenvalue weighted by Gasteiger charge is 2.19. The lowest BCUT2D eigenvalue weighted by molar-refractivity contribution is -0.143. The first-order valence-corrected chi connectivity index (χ1v) is 14.9. The number of unbranched alkanes of at least 4 members (excludes halogenated alkanes) is 2. The van der Waals surface area contributed by atoms with Crippen molar-refractivity contribution in [3.8, 4) is 5.75 Å². The molecule has 0 aliphatic carbocycles. The van der Waals surface area contributed by atoms with E-state index in [1.54, 1.807) is 45.2 Å². The fourth-order valence-corrected chi connectivity index (χ4v) is 5.41. The monoisotopic (exact) mass is 562 g/mol. The molecule has 0 radical (unpaired) electrons. The highest BCUT2D eigenvalue weighted by molar-refractivity contribution is 7.91. The Bertz CT molecular complexity index is 1270. The van der Waals surface area contributed by atoms with Gasteiger partial charge in [0.05, 0.1) is 25.9 Å². The zero-order valence-corrected chi connectivity index (χ0v) is 24.3. The van der Waals surface area contributed by atoms with Crippen LogP contribution in [0.5, 0.6) is 5.75 Å². The Labute approximate surface area is 240 Å². The van der Waals surface area contributed by atoms with E-state index in [0.717, 1.165) is 48.1 Å². The van der Waals surface area contributed by atoms with E-state index >= 15 is 0 Å². The minimum Gasteiger partial charge on any atom is -0.606 e. The average molecular weight is 563 g/mol. The third-order valence-corrected chi connectivity index (χ3v) is 7.71. The molecule has 0 saturated heterocycles. The number of aryl methyl sites for hydroxylation is 2. The van der Waals surface area contributed by atoms with Crippen LogP contribution in [0.1, 0.15) is 66.6 Å². The Balaban J connectivity index is 1.67. The second-order valence-corrected chi connectivity index (χ2v) is 10.7. The molecule has 0 spiro atoms. The highest BCUT2D eigenvalue weighted by Crippen LogP contribution is 2.26. The number of benzene rings is 3. The fourth-order valence-electron chi connectivity index (χ4n) is 4.27. The van der Waals surface area contributed by atoms with Crippen molar-refractivity contribution in [3.63, 3.8) is 0 Å². The molecule has 0 fully saturated rings. The fraction of sp³-hybridized carbons (Fsp3) is 0.333. The molecule has 3 rings (SSSR count). The number of allylic oxidation sites excluding steroid dienone is 1. The van der Waals surface area contributed by atoms with Gasteiger partial charge in [0.25, 0.3) is 0 Å². The second-order valence-electron chi connectivity index (χ2n) is 9.17. The first-order chi connectivity index (χ1) is 19.4. The van der Waals surface area contributed by atoms with Crippen molar-refractivity contribution < 1.29 is 28.4 Å². The molecule has 3 aromatic rings. The summed E-state index contributed by atoms with van der Waals surface area (Å²) in [5, 5.41) is 0. The lowest BCUT2D eigenvalue weighted by Crippen LogP contribution is -2.09. The van der Waals surface area contributed by atoms with Gasteiger partial charge < -0.3 is 18.8 Å². The maximum atomic E-state index is 13.4. The van der Waals surface area contributed by atoms with Crippen LogP contribution in [0, 0.1) is 0 Å². The van der Waals surface area contributed by atoms with Gasteiger partial charge in [0, 0.05) is 23.7 Å². The maximum Gasteiger partial charge on any atom is 0.338 e. The molecule has 0 heterocycles. The van der Waals surface area contributed by atoms with Crippen LogP contribution >= 0.6 is 0 Å². The van der Waals surface area contributed by atoms with Gasteiger partial charge in [0.2, 0.25) is 0 Å². The first-order valence-electron chi connectivity index (χ1n) is 13.7. The van der Waals surface area contributed by atoms with Crippen LogP contribution in [0.25, 0.3) is 6.08 Å². The molecule has 0 aliphatic rings. The van der Waals surface area contributed by atoms with Gasteiger partial charge in [-0.2, -0.15) is 0 Å². The number of methoxy groups -OCH3 is 1. The third-order valence-electron chi connectivity index (χ3n) is 6.35. The van der Waals surface area contributed by atoms with E-state index in [2.05, 4.69) is 12.2 Å². The smallest absolute Gasteiger partial charge is 0.338 e. The molecule has 40 heavy (non-hydrogen) atoms. The molecule has 6 nitrogen and oxygen atoms in total. The van der Waals surface area contributed by atoms with Crippen molar-refractivity contribution >= 4 is 29.2 Å². The summed E-state index contributed by atoms with van der Waals surface area (Å²) in [5.74, 6) is 0.160. The van der Waals surface area contributed by atoms with Crippen LogP contribution in [0.2, 0.25) is 0 Å². The number of rotatable bonds is 15. The van der Waals surface area contributed by atoms with Gasteiger partial charge in [0.15, 0.2) is 9.79 Å². The van der Waals surface area contributed by atoms with E-state index in [0.29, 0.717) is 28.4 Å². The van der Waals surface area contributed by atoms with Crippen molar-refractivity contribution in [2.75, 3.05) is 20.3 Å². The summed E-state index contributed by atoms with van der Waals surface area (Å²) in [7, 11) is 1.66. The molecule has 0 aromatic heterocycles. The molecular weight excluding hydrogens is 524 g/mol. The summed E-state index contributed by atoms with van der Waals surface area (Å²) >= 11 is -1.49. The average Bonchev–Trinajstić information content (AvgIpc) is 2.98. The zero-order chi connectivity index (χ0) is 28.7. The van der Waals surface area contributed by atoms with Crippen molar-refractivity contribution in [2.45, 2.75) is 62.2 Å². The molecule has 212 valence electrons. The quantitative estimate of drug-likeness (QED) is 0.113. The lowest BCUT2D eigenvalue weighted by atomic mass is 9.98. The SMILES string of the molecule is CCOC(=O)CCc1cc([S+]([O-])c2cccc(C(=O)OCC)c2)ccc1CCCCC=Cc1ccc(OC)cc1. The van der Waals surface area contributed by atoms with E-state index in [9.17, 15) is 14.1 Å². The van der Waals surface area contributed by atoms with E-state index in [1.165, 1.54) is 0 Å². The molecule has 1 unspecified atom stereocenters. The van der Waals surface area contributed by atoms with Gasteiger partial charge in [0.1, 0.15) is 5.75 Å². The first kappa shape index (κ1) is 31.0. The topological polar surface area (TPSA) is 84.9 Å². The van der Waals surface area contributed by atoms with Crippen LogP contribution < -0.4 is 4.74 Å². The van der Waals surface area contributed by atoms with E-state index in [1.807, 2.05) is 42.5 Å². The lowest BCUT2D eigenvalue weighted by Gasteiger charge is -2.15. The van der Waals surface area contributed by atoms with Crippen molar-refractivity contribution in [2.24, 2.45) is 0 Å². The Morgan fingerprint density at radius 3 is 2.33 bits per heavy atom. The molecule has 3 aromatic carbocycles. The number of carbonyl (C=O) groups is 2. The van der Waals surface area contributed by atoms with E-state index in [-0.39, 0.29) is 19.0 Å². The summed E-state index contributed by atoms with van der Waals surface area (Å²) in [5.41, 5.74) is 3.64. The molecule has 0 N–H and O–H groups in total. The molecule has 1 atom stereocenters. The predicted octanol–water partition coefficient (Wildman–Crippen LogP) is 6.96. The van der Waals surface area contributed by atoms with Crippen molar-refractivity contribution in [3.05, 3.63) is 95.1 Å². The highest BCUT2D eigenvalue weighted by atomic mass is 32.2. The normalized spacial score (nSPS) is 11.8. The van der Waals surface area contributed by atoms with Crippen LogP contribution in [-0.2, 0) is 38.3 Å². The van der Waals surface area contributed by atoms with Crippen LogP contribution in [0.3, 0.4) is 0 Å². The molecule has 0 saturated carbocycles. The Morgan fingerprint density at radius 2 is 1.60 bits per heavy atom. The zero-order valence-electron chi connectivity index (χ0n) is 23.5. The molecule has 0 amide bonds. The number of esters is 2. The minimum atomic E-state index is -1.49. The molecule has 7 heteroatoms. The largest absolute Gasteiger partial charge is 0.606 e. The van der Waals surface area contributed by atoms with E-state index in [4.69, 9.17) is 14.2 Å². The molecular formula is C33H38O6S. The van der Waals surface area contributed by atoms with Gasteiger partial charge >= 0.3 is 11.9 Å². The number of ether oxygens (including phenoxy) is 3. The Hall–Kier alpha value is -3.55. The summed E-state index contributed by atoms with van der Waals surface area (Å²) in [6.45, 7) is 4.16. The van der Waals surface area contributed by atoms with Crippen LogP contribution in [0.15, 0.2) is 82.6 Å². The third kappa shape index (κ3) is 9.57. The van der Waals surface area contributed by atoms with Crippen LogP contribution in [-0.4, -0.2) is 36.8 Å². The number of hydrogen-bond donors (Lipinski definition) is 0. The molecule has 0 aliphatic heterocycles. The maximum absolute atomic E-state index is 13.4.